The molecular weight excluding hydrogens is 594 g/mol. The lowest BCUT2D eigenvalue weighted by Gasteiger charge is -2.54. The van der Waals surface area contributed by atoms with E-state index >= 15 is 0 Å². The third kappa shape index (κ3) is 4.54. The SMILES string of the molecule is Cc1nc2c3ccccc3nn2c(C)c1CCC(=O)N1CC(C)(C)C1Cn1cc(-c2cc(F)c(Br)c(F)c2N)nn1. The fourth-order valence-electron chi connectivity index (χ4n) is 5.79. The number of aromatic nitrogens is 6. The highest BCUT2D eigenvalue weighted by atomic mass is 79.9. The average molecular weight is 624 g/mol. The molecule has 12 heteroatoms. The molecule has 1 saturated heterocycles. The summed E-state index contributed by atoms with van der Waals surface area (Å²) in [7, 11) is 0. The van der Waals surface area contributed by atoms with Crippen molar-refractivity contribution < 1.29 is 13.6 Å². The van der Waals surface area contributed by atoms with Crippen LogP contribution in [0.15, 0.2) is 41.0 Å². The van der Waals surface area contributed by atoms with Crippen molar-refractivity contribution in [1.29, 1.82) is 0 Å². The Kier molecular flexibility index (Phi) is 6.55. The van der Waals surface area contributed by atoms with E-state index in [4.69, 9.17) is 15.8 Å². The molecular formula is C29H29BrF2N8O. The second-order valence-corrected chi connectivity index (χ2v) is 12.1. The van der Waals surface area contributed by atoms with Crippen molar-refractivity contribution in [1.82, 2.24) is 34.5 Å². The van der Waals surface area contributed by atoms with Crippen LogP contribution in [0.3, 0.4) is 0 Å². The predicted molar refractivity (Wildman–Crippen MR) is 155 cm³/mol. The van der Waals surface area contributed by atoms with Gasteiger partial charge in [-0.15, -0.1) is 5.10 Å². The van der Waals surface area contributed by atoms with Gasteiger partial charge in [0.2, 0.25) is 5.91 Å². The summed E-state index contributed by atoms with van der Waals surface area (Å²) >= 11 is 2.86. The second-order valence-electron chi connectivity index (χ2n) is 11.3. The molecule has 0 radical (unpaired) electrons. The highest BCUT2D eigenvalue weighted by molar-refractivity contribution is 9.10. The number of anilines is 1. The van der Waals surface area contributed by atoms with Gasteiger partial charge >= 0.3 is 0 Å². The maximum atomic E-state index is 14.3. The van der Waals surface area contributed by atoms with Crippen molar-refractivity contribution in [2.75, 3.05) is 12.3 Å². The Morgan fingerprint density at radius 3 is 2.73 bits per heavy atom. The van der Waals surface area contributed by atoms with Gasteiger partial charge in [0.1, 0.15) is 11.5 Å². The quantitative estimate of drug-likeness (QED) is 0.205. The number of carbonyl (C=O) groups excluding carboxylic acids is 1. The molecule has 9 nitrogen and oxygen atoms in total. The Morgan fingerprint density at radius 2 is 1.98 bits per heavy atom. The van der Waals surface area contributed by atoms with Gasteiger partial charge in [-0.1, -0.05) is 31.2 Å². The minimum Gasteiger partial charge on any atom is -0.396 e. The van der Waals surface area contributed by atoms with E-state index in [0.29, 0.717) is 25.9 Å². The standard InChI is InChI=1S/C29H29BrF2N8O/c1-15-17(16(2)40-28(34-15)18-7-5-6-8-21(18)36-40)9-10-24(41)39-14-29(3,4)23(39)13-38-12-22(35-37-38)19-11-20(31)25(30)26(32)27(19)33/h5-8,11-12,23H,9-10,13-14,33H2,1-4H3. The summed E-state index contributed by atoms with van der Waals surface area (Å²) in [5.41, 5.74) is 10.5. The fraction of sp³-hybridized carbons (Fsp3) is 0.345. The van der Waals surface area contributed by atoms with Crippen LogP contribution in [0.25, 0.3) is 27.8 Å². The summed E-state index contributed by atoms with van der Waals surface area (Å²) in [5, 5.41) is 14.0. The molecule has 212 valence electrons. The van der Waals surface area contributed by atoms with Gasteiger partial charge in [-0.05, 0) is 60.0 Å². The zero-order valence-corrected chi connectivity index (χ0v) is 24.7. The summed E-state index contributed by atoms with van der Waals surface area (Å²) in [5.74, 6) is -1.62. The van der Waals surface area contributed by atoms with Crippen molar-refractivity contribution in [3.63, 3.8) is 0 Å². The highest BCUT2D eigenvalue weighted by Crippen LogP contribution is 2.39. The minimum atomic E-state index is -0.882. The first-order chi connectivity index (χ1) is 19.5. The molecule has 5 aromatic rings. The second kappa shape index (κ2) is 9.86. The van der Waals surface area contributed by atoms with Gasteiger partial charge in [0, 0.05) is 40.7 Å². The Hall–Kier alpha value is -3.93. The van der Waals surface area contributed by atoms with E-state index in [2.05, 4.69) is 40.1 Å². The third-order valence-electron chi connectivity index (χ3n) is 8.16. The fourth-order valence-corrected chi connectivity index (χ4v) is 6.12. The van der Waals surface area contributed by atoms with Crippen molar-refractivity contribution in [3.05, 3.63) is 69.6 Å². The lowest BCUT2D eigenvalue weighted by atomic mass is 9.74. The van der Waals surface area contributed by atoms with Gasteiger partial charge in [-0.2, -0.15) is 5.10 Å². The predicted octanol–water partition coefficient (Wildman–Crippen LogP) is 5.25. The number of hydrogen-bond donors (Lipinski definition) is 1. The Bertz CT molecular complexity index is 1850. The lowest BCUT2D eigenvalue weighted by Crippen LogP contribution is -2.65. The Labute approximate surface area is 243 Å². The summed E-state index contributed by atoms with van der Waals surface area (Å²) in [6, 6.07) is 8.92. The lowest BCUT2D eigenvalue weighted by molar-refractivity contribution is -0.152. The van der Waals surface area contributed by atoms with Crippen molar-refractivity contribution in [3.8, 4) is 11.3 Å². The average Bonchev–Trinajstić information content (AvgIpc) is 3.56. The van der Waals surface area contributed by atoms with Gasteiger partial charge in [0.25, 0.3) is 0 Å². The van der Waals surface area contributed by atoms with E-state index in [1.807, 2.05) is 47.5 Å². The van der Waals surface area contributed by atoms with E-state index < -0.39 is 11.6 Å². The van der Waals surface area contributed by atoms with Crippen LogP contribution in [0.5, 0.6) is 0 Å². The normalized spacial score (nSPS) is 16.5. The smallest absolute Gasteiger partial charge is 0.223 e. The van der Waals surface area contributed by atoms with Crippen LogP contribution in [0.4, 0.5) is 14.5 Å². The monoisotopic (exact) mass is 622 g/mol. The highest BCUT2D eigenvalue weighted by Gasteiger charge is 2.48. The van der Waals surface area contributed by atoms with Crippen LogP contribution in [-0.4, -0.2) is 53.0 Å². The topological polar surface area (TPSA) is 107 Å². The summed E-state index contributed by atoms with van der Waals surface area (Å²) in [4.78, 5) is 20.1. The van der Waals surface area contributed by atoms with Crippen LogP contribution in [0, 0.1) is 30.9 Å². The first kappa shape index (κ1) is 27.3. The minimum absolute atomic E-state index is 0.0421. The van der Waals surface area contributed by atoms with Crippen LogP contribution in [0.2, 0.25) is 0 Å². The van der Waals surface area contributed by atoms with E-state index in [9.17, 15) is 13.6 Å². The maximum Gasteiger partial charge on any atom is 0.223 e. The van der Waals surface area contributed by atoms with Crippen LogP contribution < -0.4 is 5.73 Å². The molecule has 2 aromatic carbocycles. The van der Waals surface area contributed by atoms with Gasteiger partial charge in [-0.3, -0.25) is 4.79 Å². The van der Waals surface area contributed by atoms with Gasteiger partial charge in [0.05, 0.1) is 34.5 Å². The molecule has 0 bridgehead atoms. The van der Waals surface area contributed by atoms with E-state index in [-0.39, 0.29) is 38.8 Å². The molecule has 4 heterocycles. The number of rotatable bonds is 6. The summed E-state index contributed by atoms with van der Waals surface area (Å²) < 4.78 is 31.6. The van der Waals surface area contributed by atoms with E-state index in [0.717, 1.165) is 39.6 Å². The van der Waals surface area contributed by atoms with Crippen molar-refractivity contribution in [2.45, 2.75) is 53.1 Å². The number of hydrogen-bond acceptors (Lipinski definition) is 6. The molecule has 1 aliphatic heterocycles. The zero-order valence-electron chi connectivity index (χ0n) is 23.1. The number of amides is 1. The van der Waals surface area contributed by atoms with Crippen LogP contribution >= 0.6 is 15.9 Å². The molecule has 1 amide bonds. The molecule has 6 rings (SSSR count). The molecule has 3 aromatic heterocycles. The van der Waals surface area contributed by atoms with Crippen molar-refractivity contribution >= 4 is 44.1 Å². The number of likely N-dealkylation sites (tertiary alicyclic amines) is 1. The van der Waals surface area contributed by atoms with Crippen molar-refractivity contribution in [2.24, 2.45) is 5.41 Å². The number of carbonyl (C=O) groups is 1. The largest absolute Gasteiger partial charge is 0.396 e. The molecule has 1 atom stereocenters. The first-order valence-electron chi connectivity index (χ1n) is 13.3. The number of aryl methyl sites for hydroxylation is 2. The van der Waals surface area contributed by atoms with E-state index in [1.165, 1.54) is 0 Å². The number of nitrogens with two attached hydrogens (primary N) is 1. The molecule has 2 N–H and O–H groups in total. The molecule has 1 aliphatic rings. The molecule has 0 saturated carbocycles. The summed E-state index contributed by atoms with van der Waals surface area (Å²) in [6.07, 6.45) is 2.47. The van der Waals surface area contributed by atoms with Gasteiger partial charge in [-0.25, -0.2) is 23.0 Å². The number of fused-ring (bicyclic) bond motifs is 3. The number of nitrogens with zero attached hydrogens (tertiary/aromatic N) is 7. The molecule has 0 aliphatic carbocycles. The van der Waals surface area contributed by atoms with E-state index in [1.54, 1.807) is 10.9 Å². The number of halogens is 3. The summed E-state index contributed by atoms with van der Waals surface area (Å²) in [6.45, 7) is 9.20. The molecule has 41 heavy (non-hydrogen) atoms. The number of benzene rings is 2. The zero-order chi connectivity index (χ0) is 29.2. The molecule has 0 spiro atoms. The van der Waals surface area contributed by atoms with Gasteiger partial charge in [0.15, 0.2) is 11.5 Å². The molecule has 1 unspecified atom stereocenters. The maximum absolute atomic E-state index is 14.3. The Balaban J connectivity index is 1.18. The first-order valence-corrected chi connectivity index (χ1v) is 14.1. The van der Waals surface area contributed by atoms with Crippen LogP contribution in [0.1, 0.15) is 37.2 Å². The number of nitrogen functional groups attached to an aromatic ring is 1. The van der Waals surface area contributed by atoms with Crippen LogP contribution in [-0.2, 0) is 17.8 Å². The van der Waals surface area contributed by atoms with Gasteiger partial charge < -0.3 is 10.6 Å². The Morgan fingerprint density at radius 1 is 1.22 bits per heavy atom. The molecule has 1 fully saturated rings. The third-order valence-corrected chi connectivity index (χ3v) is 8.89.